The summed E-state index contributed by atoms with van der Waals surface area (Å²) in [7, 11) is -2.22. The molecule has 1 unspecified atom stereocenters. The lowest BCUT2D eigenvalue weighted by Gasteiger charge is -2.40. The van der Waals surface area contributed by atoms with Gasteiger partial charge in [-0.15, -0.1) is 0 Å². The Bertz CT molecular complexity index is 1310. The fraction of sp³-hybridized carbons (Fsp3) is 0.320. The maximum atomic E-state index is 11.7. The van der Waals surface area contributed by atoms with Crippen LogP contribution in [0, 0.1) is 11.3 Å². The van der Waals surface area contributed by atoms with Gasteiger partial charge in [0.15, 0.2) is 11.5 Å². The summed E-state index contributed by atoms with van der Waals surface area (Å²) in [6.07, 6.45) is 3.65. The molecule has 1 aliphatic heterocycles. The smallest absolute Gasteiger partial charge is 0.238 e. The van der Waals surface area contributed by atoms with Gasteiger partial charge in [0.25, 0.3) is 0 Å². The van der Waals surface area contributed by atoms with E-state index in [1.807, 2.05) is 30.0 Å². The largest absolute Gasteiger partial charge is 0.493 e. The van der Waals surface area contributed by atoms with Crippen LogP contribution in [-0.2, 0) is 10.0 Å². The molecule has 9 heteroatoms. The number of rotatable bonds is 6. The Labute approximate surface area is 200 Å². The van der Waals surface area contributed by atoms with E-state index in [1.54, 1.807) is 19.2 Å². The lowest BCUT2D eigenvalue weighted by Crippen LogP contribution is -2.36. The molecule has 0 saturated heterocycles. The van der Waals surface area contributed by atoms with Crippen molar-refractivity contribution in [2.75, 3.05) is 18.6 Å². The highest BCUT2D eigenvalue weighted by Gasteiger charge is 2.37. The number of anilines is 1. The summed E-state index contributed by atoms with van der Waals surface area (Å²) in [6, 6.07) is 14.3. The molecular weight excluding hydrogens is 452 g/mol. The first kappa shape index (κ1) is 23.7. The second-order valence-electron chi connectivity index (χ2n) is 8.24. The van der Waals surface area contributed by atoms with Crippen molar-refractivity contribution in [2.45, 2.75) is 43.4 Å². The predicted octanol–water partition coefficient (Wildman–Crippen LogP) is 3.87. The van der Waals surface area contributed by atoms with Crippen molar-refractivity contribution in [3.8, 4) is 17.6 Å². The number of hydrogen-bond acceptors (Lipinski definition) is 7. The second-order valence-corrected chi connectivity index (χ2v) is 9.80. The van der Waals surface area contributed by atoms with E-state index in [-0.39, 0.29) is 10.8 Å². The minimum Gasteiger partial charge on any atom is -0.493 e. The van der Waals surface area contributed by atoms with Crippen LogP contribution >= 0.6 is 0 Å². The molecule has 2 aromatic carbocycles. The zero-order chi connectivity index (χ0) is 24.5. The Hall–Kier alpha value is -3.48. The maximum absolute atomic E-state index is 11.7. The molecule has 1 aliphatic carbocycles. The predicted molar refractivity (Wildman–Crippen MR) is 130 cm³/mol. The van der Waals surface area contributed by atoms with Crippen molar-refractivity contribution in [1.82, 2.24) is 0 Å². The van der Waals surface area contributed by atoms with E-state index in [2.05, 4.69) is 6.07 Å². The number of nitriles is 1. The number of allylic oxidation sites excluding steroid dienone is 3. The van der Waals surface area contributed by atoms with Crippen LogP contribution in [0.4, 0.5) is 5.69 Å². The van der Waals surface area contributed by atoms with Gasteiger partial charge < -0.3 is 20.1 Å². The molecule has 0 bridgehead atoms. The van der Waals surface area contributed by atoms with Gasteiger partial charge in [0.1, 0.15) is 5.82 Å². The molecule has 2 aromatic rings. The number of nitrogens with zero attached hydrogens (tertiary/aromatic N) is 2. The summed E-state index contributed by atoms with van der Waals surface area (Å²) in [5.41, 5.74) is 10.9. The van der Waals surface area contributed by atoms with Gasteiger partial charge in [0, 0.05) is 17.3 Å². The van der Waals surface area contributed by atoms with Gasteiger partial charge in [-0.25, -0.2) is 13.6 Å². The molecule has 0 aromatic heterocycles. The first-order valence-corrected chi connectivity index (χ1v) is 12.7. The Balaban J connectivity index is 1.86. The van der Waals surface area contributed by atoms with E-state index >= 15 is 0 Å². The van der Waals surface area contributed by atoms with E-state index in [0.717, 1.165) is 42.5 Å². The van der Waals surface area contributed by atoms with Gasteiger partial charge in [-0.05, 0) is 80.1 Å². The van der Waals surface area contributed by atoms with Crippen LogP contribution in [-0.4, -0.2) is 22.1 Å². The topological polar surface area (TPSA) is 132 Å². The Morgan fingerprint density at radius 2 is 1.82 bits per heavy atom. The standard InChI is InChI=1S/C25H28N4O4S/c1-3-33-23-14-16(8-13-22(23)32-2)24-19-6-4-5-7-21(19)29(25(27)20(24)15-26)17-9-11-18(12-10-17)34(28,30)31/h8-14,24H,3-7,27H2,1-2H3,(H2,28,30,31). The highest BCUT2D eigenvalue weighted by molar-refractivity contribution is 7.89. The van der Waals surface area contributed by atoms with Gasteiger partial charge in [-0.1, -0.05) is 6.07 Å². The Morgan fingerprint density at radius 1 is 1.12 bits per heavy atom. The number of hydrogen-bond donors (Lipinski definition) is 2. The van der Waals surface area contributed by atoms with Crippen molar-refractivity contribution >= 4 is 15.7 Å². The molecule has 2 aliphatic rings. The van der Waals surface area contributed by atoms with Gasteiger partial charge in [-0.3, -0.25) is 0 Å². The van der Waals surface area contributed by atoms with Gasteiger partial charge in [0.05, 0.1) is 30.3 Å². The third kappa shape index (κ3) is 4.22. The molecule has 0 radical (unpaired) electrons. The van der Waals surface area contributed by atoms with E-state index in [0.29, 0.717) is 35.2 Å². The molecule has 0 saturated carbocycles. The highest BCUT2D eigenvalue weighted by Crippen LogP contribution is 2.48. The molecule has 8 nitrogen and oxygen atoms in total. The zero-order valence-electron chi connectivity index (χ0n) is 19.2. The number of sulfonamides is 1. The number of benzene rings is 2. The van der Waals surface area contributed by atoms with E-state index in [4.69, 9.17) is 20.3 Å². The normalized spacial score (nSPS) is 18.4. The minimum absolute atomic E-state index is 0.0220. The maximum Gasteiger partial charge on any atom is 0.238 e. The SMILES string of the molecule is CCOc1cc(C2C(C#N)=C(N)N(c3ccc(S(N)(=O)=O)cc3)C3=C2CCCC3)ccc1OC. The summed E-state index contributed by atoms with van der Waals surface area (Å²) in [6.45, 7) is 2.40. The van der Waals surface area contributed by atoms with Crippen molar-refractivity contribution in [2.24, 2.45) is 10.9 Å². The Morgan fingerprint density at radius 3 is 2.44 bits per heavy atom. The van der Waals surface area contributed by atoms with E-state index in [9.17, 15) is 13.7 Å². The average Bonchev–Trinajstić information content (AvgIpc) is 2.83. The van der Waals surface area contributed by atoms with Crippen LogP contribution in [0.5, 0.6) is 11.5 Å². The molecule has 34 heavy (non-hydrogen) atoms. The lowest BCUT2D eigenvalue weighted by atomic mass is 9.76. The van der Waals surface area contributed by atoms with Crippen molar-refractivity contribution in [3.63, 3.8) is 0 Å². The van der Waals surface area contributed by atoms with Crippen LogP contribution in [0.25, 0.3) is 0 Å². The number of methoxy groups -OCH3 is 1. The fourth-order valence-electron chi connectivity index (χ4n) is 4.78. The molecule has 1 heterocycles. The van der Waals surface area contributed by atoms with Crippen LogP contribution in [0.15, 0.2) is 70.0 Å². The van der Waals surface area contributed by atoms with Crippen LogP contribution < -0.4 is 25.2 Å². The lowest BCUT2D eigenvalue weighted by molar-refractivity contribution is 0.310. The number of primary sulfonamides is 1. The summed E-state index contributed by atoms with van der Waals surface area (Å²) >= 11 is 0. The molecular formula is C25H28N4O4S. The fourth-order valence-corrected chi connectivity index (χ4v) is 5.29. The third-order valence-corrected chi connectivity index (χ3v) is 7.20. The molecule has 0 fully saturated rings. The van der Waals surface area contributed by atoms with E-state index in [1.165, 1.54) is 12.1 Å². The molecule has 4 N–H and O–H groups in total. The second kappa shape index (κ2) is 9.41. The monoisotopic (exact) mass is 480 g/mol. The quantitative estimate of drug-likeness (QED) is 0.641. The molecule has 0 amide bonds. The molecule has 4 rings (SSSR count). The summed E-state index contributed by atoms with van der Waals surface area (Å²) in [5, 5.41) is 15.4. The first-order valence-electron chi connectivity index (χ1n) is 11.2. The summed E-state index contributed by atoms with van der Waals surface area (Å²) in [5.74, 6) is 1.30. The molecule has 178 valence electrons. The van der Waals surface area contributed by atoms with Gasteiger partial charge in [-0.2, -0.15) is 5.26 Å². The molecule has 0 spiro atoms. The minimum atomic E-state index is -3.81. The molecule has 1 atom stereocenters. The van der Waals surface area contributed by atoms with Crippen LogP contribution in [0.1, 0.15) is 44.1 Å². The van der Waals surface area contributed by atoms with Crippen molar-refractivity contribution < 1.29 is 17.9 Å². The van der Waals surface area contributed by atoms with Crippen LogP contribution in [0.3, 0.4) is 0 Å². The number of nitrogens with two attached hydrogens (primary N) is 2. The third-order valence-electron chi connectivity index (χ3n) is 6.27. The highest BCUT2D eigenvalue weighted by atomic mass is 32.2. The average molecular weight is 481 g/mol. The van der Waals surface area contributed by atoms with E-state index < -0.39 is 10.0 Å². The first-order chi connectivity index (χ1) is 16.3. The number of ether oxygens (including phenoxy) is 2. The Kier molecular flexibility index (Phi) is 6.55. The van der Waals surface area contributed by atoms with Crippen molar-refractivity contribution in [3.05, 3.63) is 70.7 Å². The summed E-state index contributed by atoms with van der Waals surface area (Å²) in [4.78, 5) is 1.90. The van der Waals surface area contributed by atoms with Crippen LogP contribution in [0.2, 0.25) is 0 Å². The van der Waals surface area contributed by atoms with Gasteiger partial charge in [0.2, 0.25) is 10.0 Å². The van der Waals surface area contributed by atoms with Crippen molar-refractivity contribution in [1.29, 1.82) is 5.26 Å². The summed E-state index contributed by atoms with van der Waals surface area (Å²) < 4.78 is 34.6. The zero-order valence-corrected chi connectivity index (χ0v) is 20.1. The van der Waals surface area contributed by atoms with Gasteiger partial charge >= 0.3 is 0 Å².